The van der Waals surface area contributed by atoms with Crippen molar-refractivity contribution in [2.45, 2.75) is 13.8 Å². The Kier molecular flexibility index (Phi) is 6.90. The van der Waals surface area contributed by atoms with Crippen molar-refractivity contribution < 1.29 is 0 Å². The third-order valence-corrected chi connectivity index (χ3v) is 7.55. The third-order valence-electron chi connectivity index (χ3n) is 7.55. The van der Waals surface area contributed by atoms with Crippen molar-refractivity contribution in [3.05, 3.63) is 156 Å². The second kappa shape index (κ2) is 11.0. The van der Waals surface area contributed by atoms with Crippen molar-refractivity contribution in [1.29, 1.82) is 5.26 Å². The van der Waals surface area contributed by atoms with E-state index in [2.05, 4.69) is 110 Å². The molecule has 0 spiro atoms. The van der Waals surface area contributed by atoms with Crippen molar-refractivity contribution in [2.24, 2.45) is 0 Å². The first-order valence-electron chi connectivity index (χ1n) is 13.7. The van der Waals surface area contributed by atoms with Crippen LogP contribution in [0.2, 0.25) is 0 Å². The molecule has 1 aromatic heterocycles. The highest BCUT2D eigenvalue weighted by atomic mass is 15.1. The highest BCUT2D eigenvalue weighted by Gasteiger charge is 2.15. The van der Waals surface area contributed by atoms with Gasteiger partial charge in [-0.25, -0.2) is 4.98 Å². The lowest BCUT2D eigenvalue weighted by Crippen LogP contribution is -1.98. The number of hydrogen-bond acceptors (Lipinski definition) is 2. The lowest BCUT2D eigenvalue weighted by Gasteiger charge is -2.16. The topological polar surface area (TPSA) is 41.6 Å². The number of para-hydroxylation sites is 2. The number of rotatable bonds is 6. The molecule has 0 fully saturated rings. The average Bonchev–Trinajstić information content (AvgIpc) is 3.41. The van der Waals surface area contributed by atoms with E-state index in [0.717, 1.165) is 55.8 Å². The summed E-state index contributed by atoms with van der Waals surface area (Å²) >= 11 is 0. The Bertz CT molecular complexity index is 2010. The first-order chi connectivity index (χ1) is 20.1. The molecule has 41 heavy (non-hydrogen) atoms. The van der Waals surface area contributed by atoms with Crippen LogP contribution in [0.15, 0.2) is 140 Å². The Morgan fingerprint density at radius 2 is 1.46 bits per heavy atom. The van der Waals surface area contributed by atoms with Gasteiger partial charge in [-0.3, -0.25) is 4.57 Å². The van der Waals surface area contributed by atoms with Gasteiger partial charge in [-0.05, 0) is 94.9 Å². The Balaban J connectivity index is 1.48. The Labute approximate surface area is 240 Å². The predicted molar refractivity (Wildman–Crippen MR) is 172 cm³/mol. The maximum absolute atomic E-state index is 9.26. The molecule has 3 nitrogen and oxygen atoms in total. The number of hydrogen-bond donors (Lipinski definition) is 0. The quantitative estimate of drug-likeness (QED) is 0.160. The molecule has 0 atom stereocenters. The molecule has 5 aromatic carbocycles. The Hall–Kier alpha value is -5.46. The van der Waals surface area contributed by atoms with E-state index in [4.69, 9.17) is 4.98 Å². The number of nitriles is 1. The van der Waals surface area contributed by atoms with Crippen molar-refractivity contribution in [3.63, 3.8) is 0 Å². The van der Waals surface area contributed by atoms with E-state index < -0.39 is 0 Å². The zero-order chi connectivity index (χ0) is 28.3. The van der Waals surface area contributed by atoms with Gasteiger partial charge in [0.15, 0.2) is 0 Å². The molecule has 6 aromatic rings. The minimum absolute atomic E-state index is 0.652. The number of nitrogens with zero attached hydrogens (tertiary/aromatic N) is 3. The summed E-state index contributed by atoms with van der Waals surface area (Å²) in [5.74, 6) is 0.929. The maximum atomic E-state index is 9.26. The monoisotopic (exact) mass is 527 g/mol. The minimum atomic E-state index is 0.652. The number of fused-ring (bicyclic) bond motifs is 2. The van der Waals surface area contributed by atoms with Gasteiger partial charge in [-0.2, -0.15) is 5.26 Å². The van der Waals surface area contributed by atoms with Crippen molar-refractivity contribution in [2.75, 3.05) is 0 Å². The minimum Gasteiger partial charge on any atom is -0.292 e. The van der Waals surface area contributed by atoms with Crippen LogP contribution < -0.4 is 0 Å². The fraction of sp³-hybridized carbons (Fsp3) is 0.0526. The summed E-state index contributed by atoms with van der Waals surface area (Å²) in [5, 5.41) is 11.6. The lowest BCUT2D eigenvalue weighted by molar-refractivity contribution is 1.11. The second-order valence-electron chi connectivity index (χ2n) is 10.1. The second-order valence-corrected chi connectivity index (χ2v) is 10.1. The summed E-state index contributed by atoms with van der Waals surface area (Å²) in [5.41, 5.74) is 10.5. The molecular formula is C38H29N3. The molecule has 0 radical (unpaired) electrons. The largest absolute Gasteiger partial charge is 0.292 e. The maximum Gasteiger partial charge on any atom is 0.145 e. The number of imidazole rings is 1. The van der Waals surface area contributed by atoms with E-state index in [9.17, 15) is 5.26 Å². The Morgan fingerprint density at radius 1 is 0.780 bits per heavy atom. The van der Waals surface area contributed by atoms with Crippen molar-refractivity contribution in [3.8, 4) is 23.1 Å². The molecule has 1 heterocycles. The van der Waals surface area contributed by atoms with Crippen LogP contribution in [0.4, 0.5) is 0 Å². The Morgan fingerprint density at radius 3 is 2.22 bits per heavy atom. The normalized spacial score (nSPS) is 12.3. The van der Waals surface area contributed by atoms with Crippen LogP contribution in [-0.4, -0.2) is 9.55 Å². The van der Waals surface area contributed by atoms with Crippen LogP contribution in [0.25, 0.3) is 50.0 Å². The van der Waals surface area contributed by atoms with Gasteiger partial charge in [0.2, 0.25) is 0 Å². The highest BCUT2D eigenvalue weighted by molar-refractivity contribution is 5.99. The zero-order valence-corrected chi connectivity index (χ0v) is 23.2. The summed E-state index contributed by atoms with van der Waals surface area (Å²) in [6.45, 7) is 8.17. The fourth-order valence-electron chi connectivity index (χ4n) is 5.53. The average molecular weight is 528 g/mol. The number of benzene rings is 5. The van der Waals surface area contributed by atoms with E-state index in [1.54, 1.807) is 0 Å². The summed E-state index contributed by atoms with van der Waals surface area (Å²) in [6, 6.07) is 41.9. The molecule has 0 aliphatic rings. The molecule has 0 amide bonds. The standard InChI is InChI=1S/C38H29N3/c1-4-10-26(2)37(29-17-15-28(25-39)16-18-29)27(3)31-19-20-33-24-34(22-21-32(33)23-31)41-36-14-9-8-13-35(36)40-38(41)30-11-6-5-7-12-30/h4-24H,1H2,2-3H3/b26-10+,37-27-. The van der Waals surface area contributed by atoms with Crippen LogP contribution >= 0.6 is 0 Å². The number of allylic oxidation sites excluding steroid dienone is 5. The molecule has 196 valence electrons. The smallest absolute Gasteiger partial charge is 0.145 e. The molecule has 6 rings (SSSR count). The van der Waals surface area contributed by atoms with Gasteiger partial charge >= 0.3 is 0 Å². The van der Waals surface area contributed by atoms with E-state index >= 15 is 0 Å². The molecule has 0 unspecified atom stereocenters. The molecule has 0 aliphatic carbocycles. The number of aromatic nitrogens is 2. The van der Waals surface area contributed by atoms with E-state index in [1.165, 1.54) is 11.0 Å². The first-order valence-corrected chi connectivity index (χ1v) is 13.7. The van der Waals surface area contributed by atoms with Crippen LogP contribution in [0.3, 0.4) is 0 Å². The summed E-state index contributed by atoms with van der Waals surface area (Å²) in [6.07, 6.45) is 3.85. The summed E-state index contributed by atoms with van der Waals surface area (Å²) in [7, 11) is 0. The third kappa shape index (κ3) is 4.88. The van der Waals surface area contributed by atoms with E-state index in [0.29, 0.717) is 5.56 Å². The molecule has 0 saturated heterocycles. The van der Waals surface area contributed by atoms with Gasteiger partial charge in [0, 0.05) is 11.3 Å². The lowest BCUT2D eigenvalue weighted by atomic mass is 9.89. The van der Waals surface area contributed by atoms with Crippen LogP contribution in [0.5, 0.6) is 0 Å². The van der Waals surface area contributed by atoms with E-state index in [-0.39, 0.29) is 0 Å². The molecule has 3 heteroatoms. The van der Waals surface area contributed by atoms with Gasteiger partial charge in [0.25, 0.3) is 0 Å². The van der Waals surface area contributed by atoms with Crippen LogP contribution in [0.1, 0.15) is 30.5 Å². The van der Waals surface area contributed by atoms with Gasteiger partial charge < -0.3 is 0 Å². The van der Waals surface area contributed by atoms with Gasteiger partial charge in [0.1, 0.15) is 5.82 Å². The molecule has 0 aliphatic heterocycles. The van der Waals surface area contributed by atoms with Gasteiger partial charge in [0.05, 0.1) is 22.7 Å². The highest BCUT2D eigenvalue weighted by Crippen LogP contribution is 2.35. The predicted octanol–water partition coefficient (Wildman–Crippen LogP) is 9.78. The van der Waals surface area contributed by atoms with Crippen LogP contribution in [0, 0.1) is 11.3 Å². The SMILES string of the molecule is C=C/C=C(C)/C(=C(\C)c1ccc2cc(-n3c(-c4ccccc4)nc4ccccc43)ccc2c1)c1ccc(C#N)cc1. The fourth-order valence-corrected chi connectivity index (χ4v) is 5.53. The molecular weight excluding hydrogens is 498 g/mol. The molecule has 0 bridgehead atoms. The van der Waals surface area contributed by atoms with Gasteiger partial charge in [-0.1, -0.05) is 91.5 Å². The van der Waals surface area contributed by atoms with Crippen molar-refractivity contribution in [1.82, 2.24) is 9.55 Å². The van der Waals surface area contributed by atoms with Gasteiger partial charge in [-0.15, -0.1) is 0 Å². The molecule has 0 N–H and O–H groups in total. The summed E-state index contributed by atoms with van der Waals surface area (Å²) in [4.78, 5) is 4.99. The van der Waals surface area contributed by atoms with Crippen LogP contribution in [-0.2, 0) is 0 Å². The summed E-state index contributed by atoms with van der Waals surface area (Å²) < 4.78 is 2.25. The zero-order valence-electron chi connectivity index (χ0n) is 23.2. The molecule has 0 saturated carbocycles. The van der Waals surface area contributed by atoms with Crippen molar-refractivity contribution >= 4 is 33.0 Å². The first kappa shape index (κ1) is 25.8. The van der Waals surface area contributed by atoms with E-state index in [1.807, 2.05) is 48.6 Å².